The highest BCUT2D eigenvalue weighted by molar-refractivity contribution is 7.99. The van der Waals surface area contributed by atoms with Crippen LogP contribution in [0.25, 0.3) is 0 Å². The lowest BCUT2D eigenvalue weighted by Gasteiger charge is -2.06. The van der Waals surface area contributed by atoms with Crippen LogP contribution in [0.4, 0.5) is 14.6 Å². The quantitative estimate of drug-likeness (QED) is 0.530. The molecule has 0 aliphatic carbocycles. The molecule has 0 aliphatic rings. The number of hydrogen-bond acceptors (Lipinski definition) is 5. The number of hydrogen-bond donors (Lipinski definition) is 1. The van der Waals surface area contributed by atoms with Crippen molar-refractivity contribution in [3.05, 3.63) is 35.9 Å². The van der Waals surface area contributed by atoms with Crippen molar-refractivity contribution in [3.63, 3.8) is 0 Å². The second-order valence-corrected chi connectivity index (χ2v) is 5.34. The van der Waals surface area contributed by atoms with Gasteiger partial charge in [-0.15, -0.1) is 0 Å². The Labute approximate surface area is 118 Å². The van der Waals surface area contributed by atoms with Crippen LogP contribution in [0.15, 0.2) is 39.3 Å². The molecule has 0 spiro atoms. The molecule has 7 heteroatoms. The van der Waals surface area contributed by atoms with Gasteiger partial charge in [-0.05, 0) is 24.5 Å². The fraction of sp³-hybridized carbons (Fsp3) is 0.167. The van der Waals surface area contributed by atoms with E-state index in [1.165, 1.54) is 11.8 Å². The summed E-state index contributed by atoms with van der Waals surface area (Å²) < 4.78 is 26.7. The van der Waals surface area contributed by atoms with Gasteiger partial charge in [0.25, 0.3) is 0 Å². The number of thioether (sulfide) groups is 1. The summed E-state index contributed by atoms with van der Waals surface area (Å²) in [4.78, 5) is 8.66. The first-order valence-electron chi connectivity index (χ1n) is 5.36. The third-order valence-corrected chi connectivity index (χ3v) is 3.73. The number of rotatable bonds is 4. The summed E-state index contributed by atoms with van der Waals surface area (Å²) in [5, 5.41) is 4.05. The molecule has 0 saturated heterocycles. The predicted molar refractivity (Wildman–Crippen MR) is 73.8 cm³/mol. The minimum atomic E-state index is -0.475. The van der Waals surface area contributed by atoms with Crippen LogP contribution in [0.2, 0.25) is 0 Å². The predicted octanol–water partition coefficient (Wildman–Crippen LogP) is 3.67. The normalized spacial score (nSPS) is 10.5. The third kappa shape index (κ3) is 3.57. The summed E-state index contributed by atoms with van der Waals surface area (Å²) in [6, 6.07) is 5.04. The number of nitrogens with zero attached hydrogens (tertiary/aromatic N) is 2. The summed E-state index contributed by atoms with van der Waals surface area (Å²) in [6.45, 7) is 0. The van der Waals surface area contributed by atoms with Crippen molar-refractivity contribution in [2.75, 3.05) is 18.6 Å². The van der Waals surface area contributed by atoms with Gasteiger partial charge in [-0.1, -0.05) is 23.5 Å². The van der Waals surface area contributed by atoms with Gasteiger partial charge in [-0.3, -0.25) is 0 Å². The molecule has 1 heterocycles. The Hall–Kier alpha value is -1.34. The molecule has 1 aromatic carbocycles. The summed E-state index contributed by atoms with van der Waals surface area (Å²) in [5.41, 5.74) is 0. The van der Waals surface area contributed by atoms with E-state index in [0.29, 0.717) is 16.0 Å². The summed E-state index contributed by atoms with van der Waals surface area (Å²) in [7, 11) is 1.74. The van der Waals surface area contributed by atoms with Gasteiger partial charge in [-0.25, -0.2) is 18.7 Å². The van der Waals surface area contributed by atoms with Crippen molar-refractivity contribution >= 4 is 29.3 Å². The molecule has 0 saturated carbocycles. The average molecular weight is 299 g/mol. The monoisotopic (exact) mass is 299 g/mol. The van der Waals surface area contributed by atoms with E-state index in [1.807, 2.05) is 6.26 Å². The van der Waals surface area contributed by atoms with E-state index in [2.05, 4.69) is 15.3 Å². The summed E-state index contributed by atoms with van der Waals surface area (Å²) in [5.74, 6) is -0.308. The Balaban J connectivity index is 2.34. The fourth-order valence-electron chi connectivity index (χ4n) is 1.34. The number of anilines is 1. The lowest BCUT2D eigenvalue weighted by atomic mass is 10.3. The van der Waals surface area contributed by atoms with E-state index < -0.39 is 11.6 Å². The van der Waals surface area contributed by atoms with Crippen LogP contribution in [0.1, 0.15) is 0 Å². The summed E-state index contributed by atoms with van der Waals surface area (Å²) in [6.07, 6.45) is 1.85. The summed E-state index contributed by atoms with van der Waals surface area (Å²) >= 11 is 2.46. The van der Waals surface area contributed by atoms with Gasteiger partial charge in [0.1, 0.15) is 22.5 Å². The molecule has 0 radical (unpaired) electrons. The van der Waals surface area contributed by atoms with E-state index in [0.717, 1.165) is 30.0 Å². The van der Waals surface area contributed by atoms with E-state index in [-0.39, 0.29) is 4.90 Å². The Morgan fingerprint density at radius 1 is 1.16 bits per heavy atom. The zero-order valence-electron chi connectivity index (χ0n) is 10.3. The first kappa shape index (κ1) is 14.1. The molecule has 0 bridgehead atoms. The molecule has 1 N–H and O–H groups in total. The maximum atomic E-state index is 13.6. The van der Waals surface area contributed by atoms with Crippen molar-refractivity contribution in [1.29, 1.82) is 0 Å². The molecule has 1 aromatic heterocycles. The van der Waals surface area contributed by atoms with Gasteiger partial charge >= 0.3 is 0 Å². The van der Waals surface area contributed by atoms with Crippen LogP contribution in [-0.2, 0) is 0 Å². The first-order valence-corrected chi connectivity index (χ1v) is 7.40. The molecule has 0 fully saturated rings. The lowest BCUT2D eigenvalue weighted by molar-refractivity contribution is 0.577. The molecule has 3 nitrogen and oxygen atoms in total. The highest BCUT2D eigenvalue weighted by atomic mass is 32.2. The van der Waals surface area contributed by atoms with Crippen LogP contribution < -0.4 is 5.32 Å². The minimum Gasteiger partial charge on any atom is -0.373 e. The van der Waals surface area contributed by atoms with Crippen molar-refractivity contribution in [3.8, 4) is 0 Å². The number of nitrogens with one attached hydrogen (secondary N) is 1. The van der Waals surface area contributed by atoms with Gasteiger partial charge < -0.3 is 5.32 Å². The van der Waals surface area contributed by atoms with Crippen LogP contribution in [0.3, 0.4) is 0 Å². The standard InChI is InChI=1S/C12H11F2N3S2/c1-15-10-6-11(17-12(16-10)18-2)19-9-5-7(13)3-4-8(9)14/h3-6H,1-2H3,(H,15,16,17). The Bertz CT molecular complexity index is 571. The molecular weight excluding hydrogens is 288 g/mol. The molecule has 0 amide bonds. The smallest absolute Gasteiger partial charge is 0.190 e. The molecule has 2 rings (SSSR count). The zero-order valence-corrected chi connectivity index (χ0v) is 11.9. The SMILES string of the molecule is CNc1cc(Sc2cc(F)ccc2F)nc(SC)n1. The third-order valence-electron chi connectivity index (χ3n) is 2.23. The van der Waals surface area contributed by atoms with Crippen molar-refractivity contribution in [1.82, 2.24) is 9.97 Å². The van der Waals surface area contributed by atoms with Gasteiger partial charge in [0, 0.05) is 13.1 Å². The largest absolute Gasteiger partial charge is 0.373 e. The van der Waals surface area contributed by atoms with E-state index in [9.17, 15) is 8.78 Å². The zero-order chi connectivity index (χ0) is 13.8. The van der Waals surface area contributed by atoms with Crippen molar-refractivity contribution in [2.45, 2.75) is 15.1 Å². The van der Waals surface area contributed by atoms with E-state index >= 15 is 0 Å². The van der Waals surface area contributed by atoms with Crippen LogP contribution in [0.5, 0.6) is 0 Å². The second kappa shape index (κ2) is 6.21. The molecule has 0 aliphatic heterocycles. The Kier molecular flexibility index (Phi) is 4.60. The number of halogens is 2. The molecule has 100 valence electrons. The van der Waals surface area contributed by atoms with E-state index in [4.69, 9.17) is 0 Å². The van der Waals surface area contributed by atoms with Gasteiger partial charge in [0.05, 0.1) is 4.90 Å². The topological polar surface area (TPSA) is 37.8 Å². The second-order valence-electron chi connectivity index (χ2n) is 3.50. The fourth-order valence-corrected chi connectivity index (χ4v) is 2.65. The molecule has 2 aromatic rings. The lowest BCUT2D eigenvalue weighted by Crippen LogP contribution is -1.97. The van der Waals surface area contributed by atoms with Gasteiger partial charge in [0.15, 0.2) is 5.16 Å². The highest BCUT2D eigenvalue weighted by Gasteiger charge is 2.09. The van der Waals surface area contributed by atoms with Crippen LogP contribution in [-0.4, -0.2) is 23.3 Å². The maximum absolute atomic E-state index is 13.6. The Morgan fingerprint density at radius 3 is 2.63 bits per heavy atom. The molecular formula is C12H11F2N3S2. The first-order chi connectivity index (χ1) is 9.12. The van der Waals surface area contributed by atoms with Crippen LogP contribution in [0, 0.1) is 11.6 Å². The van der Waals surface area contributed by atoms with Crippen molar-refractivity contribution in [2.24, 2.45) is 0 Å². The average Bonchev–Trinajstić information content (AvgIpc) is 2.42. The number of benzene rings is 1. The van der Waals surface area contributed by atoms with Gasteiger partial charge in [-0.2, -0.15) is 0 Å². The number of aromatic nitrogens is 2. The van der Waals surface area contributed by atoms with E-state index in [1.54, 1.807) is 13.1 Å². The van der Waals surface area contributed by atoms with Crippen LogP contribution >= 0.6 is 23.5 Å². The Morgan fingerprint density at radius 2 is 1.95 bits per heavy atom. The molecule has 0 unspecified atom stereocenters. The minimum absolute atomic E-state index is 0.202. The highest BCUT2D eigenvalue weighted by Crippen LogP contribution is 2.31. The van der Waals surface area contributed by atoms with Gasteiger partial charge in [0.2, 0.25) is 0 Å². The molecule has 19 heavy (non-hydrogen) atoms. The van der Waals surface area contributed by atoms with Crippen molar-refractivity contribution < 1.29 is 8.78 Å². The molecule has 0 atom stereocenters. The maximum Gasteiger partial charge on any atom is 0.190 e.